The van der Waals surface area contributed by atoms with E-state index in [4.69, 9.17) is 4.74 Å². The van der Waals surface area contributed by atoms with Gasteiger partial charge in [-0.25, -0.2) is 0 Å². The van der Waals surface area contributed by atoms with E-state index in [2.05, 4.69) is 43.4 Å². The summed E-state index contributed by atoms with van der Waals surface area (Å²) in [5.74, 6) is 1.07. The van der Waals surface area contributed by atoms with Gasteiger partial charge < -0.3 is 10.1 Å². The van der Waals surface area contributed by atoms with Gasteiger partial charge in [-0.1, -0.05) is 23.8 Å². The molecule has 1 unspecified atom stereocenters. The number of aryl methyl sites for hydroxylation is 2. The second kappa shape index (κ2) is 5.37. The van der Waals surface area contributed by atoms with Gasteiger partial charge in [0.05, 0.1) is 12.6 Å². The van der Waals surface area contributed by atoms with Gasteiger partial charge in [0.25, 0.3) is 0 Å². The van der Waals surface area contributed by atoms with Gasteiger partial charge in [-0.15, -0.1) is 0 Å². The molecule has 1 atom stereocenters. The van der Waals surface area contributed by atoms with Gasteiger partial charge in [-0.05, 0) is 50.9 Å². The van der Waals surface area contributed by atoms with E-state index in [0.29, 0.717) is 0 Å². The molecule has 1 heterocycles. The Kier molecular flexibility index (Phi) is 3.85. The van der Waals surface area contributed by atoms with Crippen molar-refractivity contribution in [3.05, 3.63) is 46.7 Å². The second-order valence-corrected chi connectivity index (χ2v) is 4.68. The molecule has 17 heavy (non-hydrogen) atoms. The lowest BCUT2D eigenvalue weighted by Crippen LogP contribution is -2.22. The molecule has 2 heteroatoms. The van der Waals surface area contributed by atoms with E-state index < -0.39 is 0 Å². The molecule has 1 N–H and O–H groups in total. The van der Waals surface area contributed by atoms with Crippen LogP contribution in [0.4, 0.5) is 0 Å². The first kappa shape index (κ1) is 12.2. The van der Waals surface area contributed by atoms with Crippen LogP contribution >= 0.6 is 0 Å². The Morgan fingerprint density at radius 1 is 1.29 bits per heavy atom. The third-order valence-electron chi connectivity index (χ3n) is 3.27. The average molecular weight is 231 g/mol. The molecule has 2 nitrogen and oxygen atoms in total. The molecule has 0 spiro atoms. The molecule has 0 aliphatic carbocycles. The van der Waals surface area contributed by atoms with Crippen LogP contribution < -0.4 is 5.32 Å². The summed E-state index contributed by atoms with van der Waals surface area (Å²) in [6, 6.07) is 6.78. The first-order valence-electron chi connectivity index (χ1n) is 6.29. The molecule has 0 amide bonds. The fourth-order valence-electron chi connectivity index (χ4n) is 2.38. The van der Waals surface area contributed by atoms with Gasteiger partial charge in [0.2, 0.25) is 0 Å². The molecule has 2 rings (SSSR count). The molecule has 92 valence electrons. The van der Waals surface area contributed by atoms with Crippen molar-refractivity contribution in [2.24, 2.45) is 0 Å². The molecule has 0 aromatic heterocycles. The maximum atomic E-state index is 5.77. The van der Waals surface area contributed by atoms with Crippen molar-refractivity contribution in [1.82, 2.24) is 5.32 Å². The first-order chi connectivity index (χ1) is 8.22. The number of hydrogen-bond acceptors (Lipinski definition) is 2. The molecule has 1 aliphatic rings. The molecule has 0 fully saturated rings. The summed E-state index contributed by atoms with van der Waals surface area (Å²) in [5, 5.41) is 3.36. The van der Waals surface area contributed by atoms with Crippen LogP contribution in [0.5, 0.6) is 0 Å². The Morgan fingerprint density at radius 3 is 2.71 bits per heavy atom. The van der Waals surface area contributed by atoms with E-state index in [-0.39, 0.29) is 6.04 Å². The summed E-state index contributed by atoms with van der Waals surface area (Å²) < 4.78 is 5.77. The number of nitrogens with one attached hydrogen (secondary N) is 1. The highest BCUT2D eigenvalue weighted by Gasteiger charge is 2.19. The summed E-state index contributed by atoms with van der Waals surface area (Å²) in [6.07, 6.45) is 4.47. The number of ether oxygens (including phenoxy) is 1. The monoisotopic (exact) mass is 231 g/mol. The van der Waals surface area contributed by atoms with Gasteiger partial charge in [-0.2, -0.15) is 0 Å². The lowest BCUT2D eigenvalue weighted by atomic mass is 9.97. The normalized spacial score (nSPS) is 17.2. The van der Waals surface area contributed by atoms with E-state index in [9.17, 15) is 0 Å². The highest BCUT2D eigenvalue weighted by molar-refractivity contribution is 5.36. The van der Waals surface area contributed by atoms with Crippen molar-refractivity contribution in [2.75, 3.05) is 13.7 Å². The molecular formula is C15H21NO. The zero-order valence-corrected chi connectivity index (χ0v) is 10.9. The van der Waals surface area contributed by atoms with E-state index in [1.54, 1.807) is 0 Å². The second-order valence-electron chi connectivity index (χ2n) is 4.68. The van der Waals surface area contributed by atoms with Crippen LogP contribution in [0.25, 0.3) is 0 Å². The van der Waals surface area contributed by atoms with Crippen molar-refractivity contribution in [1.29, 1.82) is 0 Å². The number of allylic oxidation sites excluding steroid dienone is 1. The zero-order valence-electron chi connectivity index (χ0n) is 10.9. The summed E-state index contributed by atoms with van der Waals surface area (Å²) >= 11 is 0. The predicted molar refractivity (Wildman–Crippen MR) is 71.0 cm³/mol. The Bertz CT molecular complexity index is 423. The number of rotatable bonds is 3. The van der Waals surface area contributed by atoms with Gasteiger partial charge >= 0.3 is 0 Å². The lowest BCUT2D eigenvalue weighted by Gasteiger charge is -2.25. The highest BCUT2D eigenvalue weighted by atomic mass is 16.5. The molecule has 0 saturated carbocycles. The minimum atomic E-state index is 0.191. The fraction of sp³-hybridized carbons (Fsp3) is 0.467. The van der Waals surface area contributed by atoms with Gasteiger partial charge in [0.1, 0.15) is 5.76 Å². The van der Waals surface area contributed by atoms with E-state index >= 15 is 0 Å². The van der Waals surface area contributed by atoms with Crippen LogP contribution in [0.15, 0.2) is 30.0 Å². The molecule has 0 saturated heterocycles. The topological polar surface area (TPSA) is 21.3 Å². The lowest BCUT2D eigenvalue weighted by molar-refractivity contribution is 0.169. The van der Waals surface area contributed by atoms with Crippen LogP contribution in [0.1, 0.15) is 35.6 Å². The van der Waals surface area contributed by atoms with E-state index in [0.717, 1.165) is 25.2 Å². The van der Waals surface area contributed by atoms with Crippen LogP contribution in [0, 0.1) is 13.8 Å². The van der Waals surface area contributed by atoms with E-state index in [1.807, 2.05) is 7.05 Å². The maximum absolute atomic E-state index is 5.77. The van der Waals surface area contributed by atoms with Crippen LogP contribution in [-0.2, 0) is 4.74 Å². The van der Waals surface area contributed by atoms with Crippen molar-refractivity contribution in [2.45, 2.75) is 32.7 Å². The molecule has 1 aromatic carbocycles. The Balaban J connectivity index is 2.31. The van der Waals surface area contributed by atoms with Crippen LogP contribution in [-0.4, -0.2) is 13.7 Å². The summed E-state index contributed by atoms with van der Waals surface area (Å²) in [7, 11) is 1.99. The standard InChI is InChI=1S/C15H21NO/c1-11-7-8-13(12(2)10-11)15(16-3)14-6-4-5-9-17-14/h6-8,10,15-16H,4-5,9H2,1-3H3. The predicted octanol–water partition coefficient (Wildman–Crippen LogP) is 3.26. The minimum absolute atomic E-state index is 0.191. The summed E-state index contributed by atoms with van der Waals surface area (Å²) in [6.45, 7) is 5.13. The molecular weight excluding hydrogens is 210 g/mol. The number of hydrogen-bond donors (Lipinski definition) is 1. The molecule has 0 bridgehead atoms. The van der Waals surface area contributed by atoms with Gasteiger partial charge in [0, 0.05) is 0 Å². The van der Waals surface area contributed by atoms with E-state index in [1.165, 1.54) is 16.7 Å². The number of likely N-dealkylation sites (N-methyl/N-ethyl adjacent to an activating group) is 1. The SMILES string of the molecule is CNC(C1=CCCCO1)c1ccc(C)cc1C. The molecule has 1 aliphatic heterocycles. The Labute approximate surface area is 104 Å². The van der Waals surface area contributed by atoms with Crippen molar-refractivity contribution in [3.8, 4) is 0 Å². The van der Waals surface area contributed by atoms with Gasteiger partial charge in [0.15, 0.2) is 0 Å². The maximum Gasteiger partial charge on any atom is 0.113 e. The summed E-state index contributed by atoms with van der Waals surface area (Å²) in [4.78, 5) is 0. The Hall–Kier alpha value is -1.28. The Morgan fingerprint density at radius 2 is 2.12 bits per heavy atom. The highest BCUT2D eigenvalue weighted by Crippen LogP contribution is 2.28. The van der Waals surface area contributed by atoms with Crippen molar-refractivity contribution >= 4 is 0 Å². The largest absolute Gasteiger partial charge is 0.496 e. The quantitative estimate of drug-likeness (QED) is 0.862. The first-order valence-corrected chi connectivity index (χ1v) is 6.29. The summed E-state index contributed by atoms with van der Waals surface area (Å²) in [5.41, 5.74) is 3.94. The number of benzene rings is 1. The fourth-order valence-corrected chi connectivity index (χ4v) is 2.38. The molecule has 0 radical (unpaired) electrons. The van der Waals surface area contributed by atoms with Crippen LogP contribution in [0.2, 0.25) is 0 Å². The van der Waals surface area contributed by atoms with Crippen LogP contribution in [0.3, 0.4) is 0 Å². The smallest absolute Gasteiger partial charge is 0.113 e. The molecule has 1 aromatic rings. The van der Waals surface area contributed by atoms with Crippen molar-refractivity contribution < 1.29 is 4.74 Å². The van der Waals surface area contributed by atoms with Crippen molar-refractivity contribution in [3.63, 3.8) is 0 Å². The average Bonchev–Trinajstić information content (AvgIpc) is 2.34. The van der Waals surface area contributed by atoms with Gasteiger partial charge in [-0.3, -0.25) is 0 Å². The minimum Gasteiger partial charge on any atom is -0.496 e. The zero-order chi connectivity index (χ0) is 12.3. The third kappa shape index (κ3) is 2.70. The third-order valence-corrected chi connectivity index (χ3v) is 3.27.